The molecule has 19 heavy (non-hydrogen) atoms. The van der Waals surface area contributed by atoms with Crippen molar-refractivity contribution in [3.63, 3.8) is 0 Å². The monoisotopic (exact) mass is 283 g/mol. The molecule has 4 heteroatoms. The van der Waals surface area contributed by atoms with E-state index >= 15 is 0 Å². The fourth-order valence-electron chi connectivity index (χ4n) is 2.15. The molecule has 2 rings (SSSR count). The summed E-state index contributed by atoms with van der Waals surface area (Å²) in [7, 11) is 0. The van der Waals surface area contributed by atoms with Crippen molar-refractivity contribution in [2.24, 2.45) is 0 Å². The Bertz CT molecular complexity index is 488. The smallest absolute Gasteiger partial charge is 0.149 e. The number of unbranched alkanes of at least 4 members (excludes halogenated alkanes) is 1. The third-order valence-electron chi connectivity index (χ3n) is 3.42. The number of hydrogen-bond donors (Lipinski definition) is 0. The Morgan fingerprint density at radius 1 is 1.32 bits per heavy atom. The number of allylic oxidation sites excluding steroid dienone is 7. The van der Waals surface area contributed by atoms with E-state index in [4.69, 9.17) is 0 Å². The maximum absolute atomic E-state index is 14.0. The molecule has 0 saturated heterocycles. The van der Waals surface area contributed by atoms with E-state index in [1.54, 1.807) is 17.8 Å². The molecule has 1 nitrogen and oxygen atoms in total. The normalized spacial score (nSPS) is 27.3. The van der Waals surface area contributed by atoms with Crippen LogP contribution in [0.25, 0.3) is 0 Å². The summed E-state index contributed by atoms with van der Waals surface area (Å²) in [5, 5.41) is 0.913. The minimum atomic E-state index is -1.35. The van der Waals surface area contributed by atoms with Crippen LogP contribution in [0.3, 0.4) is 0 Å². The van der Waals surface area contributed by atoms with Gasteiger partial charge >= 0.3 is 0 Å². The Labute approximate surface area is 117 Å². The fourth-order valence-corrected chi connectivity index (χ4v) is 3.34. The number of hydrogen-bond acceptors (Lipinski definition) is 2. The standard InChI is InChI=1S/C15H19F2NS/c1-4-5-8-18-10(2)11(3)19-15(18)13-7-6-12(16)9-14(13)17/h6-7,9,14H,4-5,8H2,1-3H3/b15-13-. The van der Waals surface area contributed by atoms with E-state index in [9.17, 15) is 8.78 Å². The van der Waals surface area contributed by atoms with Gasteiger partial charge in [0.05, 0.1) is 5.03 Å². The van der Waals surface area contributed by atoms with Gasteiger partial charge in [0, 0.05) is 22.7 Å². The van der Waals surface area contributed by atoms with Crippen molar-refractivity contribution < 1.29 is 8.78 Å². The highest BCUT2D eigenvalue weighted by Crippen LogP contribution is 2.44. The molecule has 0 aromatic heterocycles. The first-order chi connectivity index (χ1) is 9.04. The Morgan fingerprint density at radius 2 is 2.05 bits per heavy atom. The minimum Gasteiger partial charge on any atom is -0.339 e. The van der Waals surface area contributed by atoms with Crippen LogP contribution in [0.15, 0.2) is 45.3 Å². The van der Waals surface area contributed by atoms with Gasteiger partial charge in [-0.05, 0) is 32.4 Å². The maximum Gasteiger partial charge on any atom is 0.149 e. The zero-order chi connectivity index (χ0) is 14.0. The lowest BCUT2D eigenvalue weighted by Gasteiger charge is -2.24. The van der Waals surface area contributed by atoms with Crippen LogP contribution in [0.4, 0.5) is 8.78 Å². The second-order valence-corrected chi connectivity index (χ2v) is 6.00. The van der Waals surface area contributed by atoms with Crippen molar-refractivity contribution in [1.29, 1.82) is 0 Å². The molecule has 1 atom stereocenters. The van der Waals surface area contributed by atoms with E-state index in [0.717, 1.165) is 30.5 Å². The first-order valence-corrected chi connectivity index (χ1v) is 7.42. The molecule has 0 aromatic rings. The Kier molecular flexibility index (Phi) is 4.50. The quantitative estimate of drug-likeness (QED) is 0.712. The SMILES string of the molecule is CCCCN1C(C)=C(C)S/C1=C1/C=CC(F)=CC1F. The molecule has 1 unspecified atom stereocenters. The van der Waals surface area contributed by atoms with Crippen molar-refractivity contribution >= 4 is 11.8 Å². The van der Waals surface area contributed by atoms with Crippen molar-refractivity contribution in [2.75, 3.05) is 6.54 Å². The van der Waals surface area contributed by atoms with Gasteiger partial charge in [-0.1, -0.05) is 31.2 Å². The van der Waals surface area contributed by atoms with Gasteiger partial charge in [-0.2, -0.15) is 0 Å². The summed E-state index contributed by atoms with van der Waals surface area (Å²) in [4.78, 5) is 3.35. The van der Waals surface area contributed by atoms with Crippen molar-refractivity contribution in [3.8, 4) is 0 Å². The van der Waals surface area contributed by atoms with Crippen molar-refractivity contribution in [2.45, 2.75) is 39.8 Å². The lowest BCUT2D eigenvalue weighted by atomic mass is 10.1. The summed E-state index contributed by atoms with van der Waals surface area (Å²) in [6, 6.07) is 0. The summed E-state index contributed by atoms with van der Waals surface area (Å²) in [5.41, 5.74) is 1.75. The molecule has 1 heterocycles. The van der Waals surface area contributed by atoms with Gasteiger partial charge in [0.15, 0.2) is 0 Å². The van der Waals surface area contributed by atoms with Crippen LogP contribution in [0.1, 0.15) is 33.6 Å². The molecule has 0 radical (unpaired) electrons. The topological polar surface area (TPSA) is 3.24 Å². The zero-order valence-electron chi connectivity index (χ0n) is 11.5. The number of rotatable bonds is 3. The molecule has 104 valence electrons. The second-order valence-electron chi connectivity index (χ2n) is 4.80. The summed E-state index contributed by atoms with van der Waals surface area (Å²) >= 11 is 1.59. The summed E-state index contributed by atoms with van der Waals surface area (Å²) in [6.45, 7) is 7.13. The highest BCUT2D eigenvalue weighted by Gasteiger charge is 2.28. The van der Waals surface area contributed by atoms with E-state index < -0.39 is 12.0 Å². The lowest BCUT2D eigenvalue weighted by molar-refractivity contribution is 0.411. The average Bonchev–Trinajstić information content (AvgIpc) is 2.63. The van der Waals surface area contributed by atoms with Crippen LogP contribution in [0, 0.1) is 0 Å². The predicted octanol–water partition coefficient (Wildman–Crippen LogP) is 5.06. The molecule has 0 aromatic carbocycles. The number of thioether (sulfide) groups is 1. The van der Waals surface area contributed by atoms with Crippen LogP contribution >= 0.6 is 11.8 Å². The molecule has 1 aliphatic heterocycles. The van der Waals surface area contributed by atoms with Gasteiger partial charge in [0.25, 0.3) is 0 Å². The van der Waals surface area contributed by atoms with Crippen molar-refractivity contribution in [3.05, 3.63) is 45.3 Å². The lowest BCUT2D eigenvalue weighted by Crippen LogP contribution is -2.21. The highest BCUT2D eigenvalue weighted by molar-refractivity contribution is 8.06. The molecule has 0 amide bonds. The summed E-state index contributed by atoms with van der Waals surface area (Å²) in [6.07, 6.45) is 4.74. The van der Waals surface area contributed by atoms with Gasteiger partial charge < -0.3 is 4.90 Å². The zero-order valence-corrected chi connectivity index (χ0v) is 12.4. The summed E-state index contributed by atoms with van der Waals surface area (Å²) < 4.78 is 27.0. The van der Waals surface area contributed by atoms with E-state index in [2.05, 4.69) is 18.7 Å². The van der Waals surface area contributed by atoms with E-state index in [-0.39, 0.29) is 0 Å². The number of alkyl halides is 1. The molecule has 1 aliphatic carbocycles. The maximum atomic E-state index is 14.0. The van der Waals surface area contributed by atoms with Gasteiger partial charge in [0.2, 0.25) is 0 Å². The molecular formula is C15H19F2NS. The minimum absolute atomic E-state index is 0.499. The van der Waals surface area contributed by atoms with Gasteiger partial charge in [-0.25, -0.2) is 8.78 Å². The molecule has 0 N–H and O–H groups in total. The molecule has 0 bridgehead atoms. The highest BCUT2D eigenvalue weighted by atomic mass is 32.2. The fraction of sp³-hybridized carbons (Fsp3) is 0.467. The van der Waals surface area contributed by atoms with Crippen LogP contribution in [-0.2, 0) is 0 Å². The average molecular weight is 283 g/mol. The Balaban J connectivity index is 2.31. The number of nitrogens with zero attached hydrogens (tertiary/aromatic N) is 1. The second kappa shape index (κ2) is 5.95. The molecule has 0 saturated carbocycles. The van der Waals surface area contributed by atoms with Gasteiger partial charge in [-0.15, -0.1) is 0 Å². The largest absolute Gasteiger partial charge is 0.339 e. The van der Waals surface area contributed by atoms with Crippen LogP contribution in [0.5, 0.6) is 0 Å². The summed E-state index contributed by atoms with van der Waals surface area (Å²) in [5.74, 6) is -0.499. The van der Waals surface area contributed by atoms with E-state index in [1.165, 1.54) is 16.7 Å². The van der Waals surface area contributed by atoms with Crippen LogP contribution < -0.4 is 0 Å². The predicted molar refractivity (Wildman–Crippen MR) is 77.8 cm³/mol. The Hall–Kier alpha value is -1.03. The van der Waals surface area contributed by atoms with Crippen molar-refractivity contribution in [1.82, 2.24) is 4.90 Å². The molecule has 2 aliphatic rings. The molecular weight excluding hydrogens is 264 g/mol. The van der Waals surface area contributed by atoms with E-state index in [0.29, 0.717) is 5.57 Å². The molecule has 0 fully saturated rings. The third-order valence-corrected chi connectivity index (χ3v) is 4.67. The van der Waals surface area contributed by atoms with Crippen LogP contribution in [0.2, 0.25) is 0 Å². The first-order valence-electron chi connectivity index (χ1n) is 6.61. The van der Waals surface area contributed by atoms with E-state index in [1.807, 2.05) is 6.92 Å². The number of halogens is 2. The van der Waals surface area contributed by atoms with Gasteiger partial charge in [-0.3, -0.25) is 0 Å². The third kappa shape index (κ3) is 2.94. The first kappa shape index (κ1) is 14.4. The van der Waals surface area contributed by atoms with Crippen LogP contribution in [-0.4, -0.2) is 17.6 Å². The Morgan fingerprint density at radius 3 is 2.68 bits per heavy atom. The van der Waals surface area contributed by atoms with Gasteiger partial charge in [0.1, 0.15) is 12.0 Å². The molecule has 0 spiro atoms.